The van der Waals surface area contributed by atoms with Gasteiger partial charge < -0.3 is 20.7 Å². The van der Waals surface area contributed by atoms with Crippen molar-refractivity contribution >= 4 is 0 Å². The Balaban J connectivity index is -0.0000000886. The van der Waals surface area contributed by atoms with Gasteiger partial charge in [-0.25, -0.2) is 0 Å². The van der Waals surface area contributed by atoms with E-state index in [4.69, 9.17) is 25.5 Å². The Labute approximate surface area is 64.4 Å². The molecule has 0 rings (SSSR count). The highest BCUT2D eigenvalue weighted by Crippen LogP contribution is 1.39. The largest absolute Gasteiger partial charge is 0.394 e. The van der Waals surface area contributed by atoms with Gasteiger partial charge in [-0.15, -0.1) is 10.1 Å². The van der Waals surface area contributed by atoms with Gasteiger partial charge in [-0.3, -0.25) is 0 Å². The van der Waals surface area contributed by atoms with E-state index in [-0.39, 0.29) is 13.2 Å². The zero-order chi connectivity index (χ0) is 9.70. The summed E-state index contributed by atoms with van der Waals surface area (Å²) in [6, 6.07) is 0. The first kappa shape index (κ1) is 16.6. The van der Waals surface area contributed by atoms with Gasteiger partial charge in [-0.1, -0.05) is 0 Å². The van der Waals surface area contributed by atoms with Crippen LogP contribution in [0.25, 0.3) is 0 Å². The van der Waals surface area contributed by atoms with Crippen LogP contribution < -0.4 is 5.32 Å². The minimum Gasteiger partial charge on any atom is -0.394 e. The molecule has 0 aliphatic heterocycles. The number of nitrogens with zero attached hydrogens (tertiary/aromatic N) is 1. The molecule has 0 saturated carbocycles. The molecule has 0 fully saturated rings. The fourth-order valence-corrected chi connectivity index (χ4v) is 0. The van der Waals surface area contributed by atoms with E-state index >= 15 is 0 Å². The third-order valence-corrected chi connectivity index (χ3v) is 0.1000. The van der Waals surface area contributed by atoms with Crippen molar-refractivity contribution in [2.45, 2.75) is 0 Å². The van der Waals surface area contributed by atoms with Gasteiger partial charge in [0.15, 0.2) is 0 Å². The summed E-state index contributed by atoms with van der Waals surface area (Å²) >= 11 is 0. The van der Waals surface area contributed by atoms with E-state index in [9.17, 15) is 0 Å². The lowest BCUT2D eigenvalue weighted by molar-refractivity contribution is -0.742. The van der Waals surface area contributed by atoms with E-state index < -0.39 is 5.09 Å². The lowest BCUT2D eigenvalue weighted by Crippen LogP contribution is -1.89. The van der Waals surface area contributed by atoms with Gasteiger partial charge in [0.1, 0.15) is 0 Å². The van der Waals surface area contributed by atoms with Crippen molar-refractivity contribution in [2.24, 2.45) is 0 Å². The van der Waals surface area contributed by atoms with E-state index in [2.05, 4.69) is 5.32 Å². The fraction of sp³-hybridized carbons (Fsp3) is 1.00. The molecule has 0 aromatic heterocycles. The first-order chi connectivity index (χ1) is 5.06. The quantitative estimate of drug-likeness (QED) is 0.280. The van der Waals surface area contributed by atoms with Gasteiger partial charge in [-0.2, -0.15) is 0 Å². The third-order valence-electron chi connectivity index (χ3n) is 0.1000. The summed E-state index contributed by atoms with van der Waals surface area (Å²) in [4.78, 5) is 8.36. The third kappa shape index (κ3) is 71100. The Morgan fingerprint density at radius 1 is 1.36 bits per heavy atom. The lowest BCUT2D eigenvalue weighted by Gasteiger charge is -1.70. The maximum absolute atomic E-state index is 8.36. The molecule has 0 saturated heterocycles. The summed E-state index contributed by atoms with van der Waals surface area (Å²) in [5, 5.41) is 31.6. The van der Waals surface area contributed by atoms with Crippen molar-refractivity contribution < 1.29 is 20.5 Å². The molecule has 0 heterocycles. The molecule has 0 radical (unpaired) electrons. The zero-order valence-electron chi connectivity index (χ0n) is 6.52. The Morgan fingerprint density at radius 2 is 1.45 bits per heavy atom. The molecule has 7 nitrogen and oxygen atoms in total. The number of hydrogen-bond donors (Lipinski definition) is 4. The monoisotopic (exact) mass is 170 g/mol. The van der Waals surface area contributed by atoms with Crippen LogP contribution in [0.3, 0.4) is 0 Å². The van der Waals surface area contributed by atoms with E-state index in [1.165, 1.54) is 0 Å². The number of rotatable bonds is 1. The molecule has 0 unspecified atom stereocenters. The average molecular weight is 170 g/mol. The number of aliphatic hydroxyl groups is 2. The van der Waals surface area contributed by atoms with Crippen LogP contribution in [0.15, 0.2) is 0 Å². The summed E-state index contributed by atoms with van der Waals surface area (Å²) in [5.41, 5.74) is 0. The molecular weight excluding hydrogens is 156 g/mol. The Morgan fingerprint density at radius 3 is 1.45 bits per heavy atom. The summed E-state index contributed by atoms with van der Waals surface area (Å²) in [7, 11) is 3.75. The molecular formula is C4H14N2O5. The second kappa shape index (κ2) is 23.0. The fourth-order valence-electron chi connectivity index (χ4n) is 0. The number of aliphatic hydroxyl groups excluding tert-OH is 2. The van der Waals surface area contributed by atoms with Gasteiger partial charge in [0, 0.05) is 0 Å². The predicted molar refractivity (Wildman–Crippen MR) is 37.9 cm³/mol. The standard InChI is InChI=1S/C2H7N.C2H6O2.HNO3/c1-3-2;3-1-2-4;2-1(3)4/h3H,1-2H3;3-4H,1-2H2;(H,2,3,4). The molecule has 70 valence electrons. The van der Waals surface area contributed by atoms with Crippen molar-refractivity contribution in [1.82, 2.24) is 5.32 Å². The van der Waals surface area contributed by atoms with Crippen molar-refractivity contribution in [3.63, 3.8) is 0 Å². The Kier molecular flexibility index (Phi) is 34.6. The topological polar surface area (TPSA) is 116 Å². The smallest absolute Gasteiger partial charge is 0.291 e. The molecule has 0 aromatic rings. The first-order valence-electron chi connectivity index (χ1n) is 2.70. The van der Waals surface area contributed by atoms with Crippen LogP contribution in [0.4, 0.5) is 0 Å². The first-order valence-corrected chi connectivity index (χ1v) is 2.70. The lowest BCUT2D eigenvalue weighted by atomic mass is 10.8. The van der Waals surface area contributed by atoms with Crippen molar-refractivity contribution in [3.05, 3.63) is 10.1 Å². The Hall–Kier alpha value is -0.920. The van der Waals surface area contributed by atoms with Gasteiger partial charge in [0.2, 0.25) is 0 Å². The highest BCUT2D eigenvalue weighted by molar-refractivity contribution is 4.06. The Bertz CT molecular complexity index is 63.5. The molecule has 0 amide bonds. The maximum atomic E-state index is 8.36. The van der Waals surface area contributed by atoms with Crippen molar-refractivity contribution in [1.29, 1.82) is 0 Å². The van der Waals surface area contributed by atoms with E-state index in [1.807, 2.05) is 14.1 Å². The highest BCUT2D eigenvalue weighted by Gasteiger charge is 1.65. The molecule has 4 N–H and O–H groups in total. The minimum absolute atomic E-state index is 0.125. The summed E-state index contributed by atoms with van der Waals surface area (Å²) in [6.07, 6.45) is 0. The van der Waals surface area contributed by atoms with Crippen LogP contribution in [0.1, 0.15) is 0 Å². The SMILES string of the molecule is CNC.O=[N+]([O-])O.OCCO. The van der Waals surface area contributed by atoms with Crippen LogP contribution in [-0.4, -0.2) is 47.8 Å². The molecule has 0 spiro atoms. The predicted octanol–water partition coefficient (Wildman–Crippen LogP) is -1.54. The summed E-state index contributed by atoms with van der Waals surface area (Å²) in [6.45, 7) is -0.250. The molecule has 0 aromatic carbocycles. The molecule has 0 aliphatic rings. The van der Waals surface area contributed by atoms with Crippen molar-refractivity contribution in [2.75, 3.05) is 27.3 Å². The van der Waals surface area contributed by atoms with Gasteiger partial charge in [-0.05, 0) is 14.1 Å². The number of hydrogen-bond acceptors (Lipinski definition) is 5. The normalized spacial score (nSPS) is 6.55. The highest BCUT2D eigenvalue weighted by atomic mass is 16.9. The van der Waals surface area contributed by atoms with Gasteiger partial charge in [0.05, 0.1) is 13.2 Å². The molecule has 7 heteroatoms. The zero-order valence-corrected chi connectivity index (χ0v) is 6.52. The molecule has 11 heavy (non-hydrogen) atoms. The van der Waals surface area contributed by atoms with Gasteiger partial charge >= 0.3 is 0 Å². The van der Waals surface area contributed by atoms with E-state index in [0.717, 1.165) is 0 Å². The molecule has 0 atom stereocenters. The minimum atomic E-state index is -1.50. The van der Waals surface area contributed by atoms with Crippen LogP contribution in [-0.2, 0) is 0 Å². The summed E-state index contributed by atoms with van der Waals surface area (Å²) < 4.78 is 0. The second-order valence-corrected chi connectivity index (χ2v) is 1.19. The van der Waals surface area contributed by atoms with Gasteiger partial charge in [0.25, 0.3) is 5.09 Å². The van der Waals surface area contributed by atoms with Crippen LogP contribution in [0, 0.1) is 10.1 Å². The van der Waals surface area contributed by atoms with Crippen LogP contribution >= 0.6 is 0 Å². The molecule has 0 aliphatic carbocycles. The number of nitrogens with one attached hydrogen (secondary N) is 1. The van der Waals surface area contributed by atoms with Crippen LogP contribution in [0.2, 0.25) is 0 Å². The van der Waals surface area contributed by atoms with E-state index in [0.29, 0.717) is 0 Å². The summed E-state index contributed by atoms with van der Waals surface area (Å²) in [5.74, 6) is 0. The van der Waals surface area contributed by atoms with Crippen LogP contribution in [0.5, 0.6) is 0 Å². The van der Waals surface area contributed by atoms with E-state index in [1.54, 1.807) is 0 Å². The van der Waals surface area contributed by atoms with Crippen molar-refractivity contribution in [3.8, 4) is 0 Å². The average Bonchev–Trinajstić information content (AvgIpc) is 1.88. The molecule has 0 bridgehead atoms. The second-order valence-electron chi connectivity index (χ2n) is 1.19. The maximum Gasteiger partial charge on any atom is 0.291 e.